The third-order valence-electron chi connectivity index (χ3n) is 6.93. The topological polar surface area (TPSA) is 61.9 Å². The number of fused-ring (bicyclic) bond motifs is 1. The maximum atomic E-state index is 13.4. The SMILES string of the molecule is COc1cccc(C(=O)N2CCC[C@@]3(C(=O)NC4CCC4)CCN(C)C[C@H]23)c1. The third-order valence-corrected chi connectivity index (χ3v) is 6.93. The van der Waals surface area contributed by atoms with Crippen LogP contribution in [0.2, 0.25) is 0 Å². The summed E-state index contributed by atoms with van der Waals surface area (Å²) < 4.78 is 5.29. The maximum absolute atomic E-state index is 13.4. The van der Waals surface area contributed by atoms with Gasteiger partial charge in [-0.25, -0.2) is 0 Å². The normalized spacial score (nSPS) is 28.2. The van der Waals surface area contributed by atoms with Crippen molar-refractivity contribution in [3.63, 3.8) is 0 Å². The monoisotopic (exact) mass is 385 g/mol. The first-order chi connectivity index (χ1) is 13.5. The fourth-order valence-corrected chi connectivity index (χ4v) is 4.95. The molecule has 2 aliphatic heterocycles. The molecular weight excluding hydrogens is 354 g/mol. The number of carbonyl (C=O) groups excluding carboxylic acids is 2. The summed E-state index contributed by atoms with van der Waals surface area (Å²) in [6.45, 7) is 2.34. The van der Waals surface area contributed by atoms with Gasteiger partial charge in [0.05, 0.1) is 18.6 Å². The number of hydrogen-bond donors (Lipinski definition) is 1. The highest BCUT2D eigenvalue weighted by Gasteiger charge is 2.53. The first-order valence-electron chi connectivity index (χ1n) is 10.5. The Hall–Kier alpha value is -2.08. The fraction of sp³-hybridized carbons (Fsp3) is 0.636. The third kappa shape index (κ3) is 3.39. The zero-order chi connectivity index (χ0) is 19.7. The molecule has 4 rings (SSSR count). The number of likely N-dealkylation sites (tertiary alicyclic amines) is 2. The highest BCUT2D eigenvalue weighted by atomic mass is 16.5. The van der Waals surface area contributed by atoms with Crippen molar-refractivity contribution in [1.29, 1.82) is 0 Å². The van der Waals surface area contributed by atoms with Crippen LogP contribution in [0.25, 0.3) is 0 Å². The Balaban J connectivity index is 1.62. The lowest BCUT2D eigenvalue weighted by molar-refractivity contribution is -0.143. The number of ether oxygens (including phenoxy) is 1. The fourth-order valence-electron chi connectivity index (χ4n) is 4.95. The number of nitrogens with zero attached hydrogens (tertiary/aromatic N) is 2. The van der Waals surface area contributed by atoms with Crippen LogP contribution in [-0.2, 0) is 4.79 Å². The van der Waals surface area contributed by atoms with E-state index < -0.39 is 5.41 Å². The van der Waals surface area contributed by atoms with E-state index in [0.29, 0.717) is 23.9 Å². The Morgan fingerprint density at radius 2 is 2.00 bits per heavy atom. The van der Waals surface area contributed by atoms with Crippen LogP contribution in [0, 0.1) is 5.41 Å². The molecule has 3 fully saturated rings. The Kier molecular flexibility index (Phi) is 5.32. The summed E-state index contributed by atoms with van der Waals surface area (Å²) >= 11 is 0. The lowest BCUT2D eigenvalue weighted by Crippen LogP contribution is -2.67. The minimum Gasteiger partial charge on any atom is -0.497 e. The van der Waals surface area contributed by atoms with Crippen molar-refractivity contribution >= 4 is 11.8 Å². The summed E-state index contributed by atoms with van der Waals surface area (Å²) in [4.78, 5) is 31.0. The number of hydrogen-bond acceptors (Lipinski definition) is 4. The van der Waals surface area contributed by atoms with E-state index in [2.05, 4.69) is 17.3 Å². The zero-order valence-corrected chi connectivity index (χ0v) is 16.9. The quantitative estimate of drug-likeness (QED) is 0.864. The largest absolute Gasteiger partial charge is 0.497 e. The Morgan fingerprint density at radius 1 is 1.18 bits per heavy atom. The number of carbonyl (C=O) groups is 2. The number of amides is 2. The van der Waals surface area contributed by atoms with Crippen molar-refractivity contribution in [2.24, 2.45) is 5.41 Å². The molecule has 6 nitrogen and oxygen atoms in total. The van der Waals surface area contributed by atoms with E-state index in [1.54, 1.807) is 13.2 Å². The van der Waals surface area contributed by atoms with Crippen molar-refractivity contribution in [2.45, 2.75) is 50.6 Å². The number of rotatable bonds is 4. The number of methoxy groups -OCH3 is 1. The molecule has 2 heterocycles. The van der Waals surface area contributed by atoms with Crippen molar-refractivity contribution in [3.05, 3.63) is 29.8 Å². The molecule has 0 unspecified atom stereocenters. The molecule has 1 N–H and O–H groups in total. The van der Waals surface area contributed by atoms with Gasteiger partial charge < -0.3 is 19.9 Å². The summed E-state index contributed by atoms with van der Waals surface area (Å²) in [5, 5.41) is 3.29. The predicted molar refractivity (Wildman–Crippen MR) is 107 cm³/mol. The predicted octanol–water partition coefficient (Wildman–Crippen LogP) is 2.29. The average molecular weight is 386 g/mol. The molecular formula is C22H31N3O3. The summed E-state index contributed by atoms with van der Waals surface area (Å²) in [7, 11) is 3.69. The second kappa shape index (κ2) is 7.74. The molecule has 0 radical (unpaired) electrons. The van der Waals surface area contributed by atoms with E-state index in [1.165, 1.54) is 6.42 Å². The Morgan fingerprint density at radius 3 is 2.71 bits per heavy atom. The van der Waals surface area contributed by atoms with Gasteiger partial charge in [-0.15, -0.1) is 0 Å². The molecule has 6 heteroatoms. The van der Waals surface area contributed by atoms with E-state index in [9.17, 15) is 9.59 Å². The van der Waals surface area contributed by atoms with Gasteiger partial charge in [0.2, 0.25) is 5.91 Å². The van der Waals surface area contributed by atoms with Gasteiger partial charge in [0.15, 0.2) is 0 Å². The first-order valence-corrected chi connectivity index (χ1v) is 10.5. The molecule has 152 valence electrons. The number of piperidine rings is 2. The molecule has 1 aromatic carbocycles. The van der Waals surface area contributed by atoms with Gasteiger partial charge in [0, 0.05) is 24.7 Å². The Labute approximate surface area is 167 Å². The van der Waals surface area contributed by atoms with Crippen LogP contribution in [-0.4, -0.2) is 67.5 Å². The maximum Gasteiger partial charge on any atom is 0.254 e. The van der Waals surface area contributed by atoms with Crippen LogP contribution in [0.4, 0.5) is 0 Å². The van der Waals surface area contributed by atoms with E-state index in [-0.39, 0.29) is 17.9 Å². The average Bonchev–Trinajstić information content (AvgIpc) is 2.69. The highest BCUT2D eigenvalue weighted by Crippen LogP contribution is 2.43. The molecule has 28 heavy (non-hydrogen) atoms. The van der Waals surface area contributed by atoms with Crippen LogP contribution in [0.5, 0.6) is 5.75 Å². The zero-order valence-electron chi connectivity index (χ0n) is 16.9. The lowest BCUT2D eigenvalue weighted by Gasteiger charge is -2.54. The highest BCUT2D eigenvalue weighted by molar-refractivity contribution is 5.96. The van der Waals surface area contributed by atoms with E-state index >= 15 is 0 Å². The van der Waals surface area contributed by atoms with Gasteiger partial charge in [-0.1, -0.05) is 6.07 Å². The molecule has 2 amide bonds. The van der Waals surface area contributed by atoms with Crippen molar-refractivity contribution in [2.75, 3.05) is 33.8 Å². The molecule has 0 aromatic heterocycles. The van der Waals surface area contributed by atoms with Gasteiger partial charge >= 0.3 is 0 Å². The lowest BCUT2D eigenvalue weighted by atomic mass is 9.67. The molecule has 2 atom stereocenters. The molecule has 1 saturated carbocycles. The minimum absolute atomic E-state index is 0.000260. The summed E-state index contributed by atoms with van der Waals surface area (Å²) in [5.41, 5.74) is 0.164. The van der Waals surface area contributed by atoms with Crippen LogP contribution >= 0.6 is 0 Å². The van der Waals surface area contributed by atoms with E-state index in [4.69, 9.17) is 4.74 Å². The molecule has 0 bridgehead atoms. The number of benzene rings is 1. The van der Waals surface area contributed by atoms with Gasteiger partial charge in [0.1, 0.15) is 5.75 Å². The first kappa shape index (κ1) is 19.2. The molecule has 0 spiro atoms. The minimum atomic E-state index is -0.463. The van der Waals surface area contributed by atoms with E-state index in [0.717, 1.165) is 45.2 Å². The summed E-state index contributed by atoms with van der Waals surface area (Å²) in [6, 6.07) is 7.56. The van der Waals surface area contributed by atoms with Gasteiger partial charge in [-0.2, -0.15) is 0 Å². The standard InChI is InChI=1S/C22H31N3O3/c1-24-13-11-22(21(27)23-17-7-4-8-17)10-5-12-25(19(22)15-24)20(26)16-6-3-9-18(14-16)28-2/h3,6,9,14,17,19H,4-5,7-8,10-13,15H2,1-2H3,(H,23,27)/t19-,22+/m0/s1. The summed E-state index contributed by atoms with van der Waals surface area (Å²) in [5.74, 6) is 0.843. The Bertz CT molecular complexity index is 748. The molecule has 3 aliphatic rings. The van der Waals surface area contributed by atoms with Gasteiger partial charge in [-0.05, 0) is 70.3 Å². The molecule has 2 saturated heterocycles. The van der Waals surface area contributed by atoms with Crippen molar-refractivity contribution in [1.82, 2.24) is 15.1 Å². The van der Waals surface area contributed by atoms with Gasteiger partial charge in [0.25, 0.3) is 5.91 Å². The molecule has 1 aliphatic carbocycles. The second-order valence-corrected chi connectivity index (χ2v) is 8.62. The van der Waals surface area contributed by atoms with Crippen LogP contribution in [0.15, 0.2) is 24.3 Å². The van der Waals surface area contributed by atoms with Crippen LogP contribution < -0.4 is 10.1 Å². The number of likely N-dealkylation sites (N-methyl/N-ethyl adjacent to an activating group) is 1. The van der Waals surface area contributed by atoms with Crippen molar-refractivity contribution in [3.8, 4) is 5.75 Å². The van der Waals surface area contributed by atoms with Gasteiger partial charge in [-0.3, -0.25) is 9.59 Å². The number of nitrogens with one attached hydrogen (secondary N) is 1. The summed E-state index contributed by atoms with van der Waals surface area (Å²) in [6.07, 6.45) is 5.91. The van der Waals surface area contributed by atoms with Crippen LogP contribution in [0.3, 0.4) is 0 Å². The van der Waals surface area contributed by atoms with E-state index in [1.807, 2.05) is 23.1 Å². The smallest absolute Gasteiger partial charge is 0.254 e. The second-order valence-electron chi connectivity index (χ2n) is 8.62. The van der Waals surface area contributed by atoms with Crippen LogP contribution in [0.1, 0.15) is 48.9 Å². The van der Waals surface area contributed by atoms with Crippen molar-refractivity contribution < 1.29 is 14.3 Å². The molecule has 1 aromatic rings.